The molecule has 1 heterocycles. The average Bonchev–Trinajstić information content (AvgIpc) is 2.67. The van der Waals surface area contributed by atoms with Crippen molar-refractivity contribution in [2.24, 2.45) is 17.8 Å². The highest BCUT2D eigenvalue weighted by Gasteiger charge is 2.51. The number of H-pyrrole nitrogens is 1. The number of nitrogens with zero attached hydrogens (tertiary/aromatic N) is 1. The van der Waals surface area contributed by atoms with Crippen LogP contribution in [0.15, 0.2) is 47.3 Å². The summed E-state index contributed by atoms with van der Waals surface area (Å²) in [6, 6.07) is 13.8. The fourth-order valence-corrected chi connectivity index (χ4v) is 6.60. The van der Waals surface area contributed by atoms with Crippen LogP contribution in [0.4, 0.5) is 0 Å². The molecule has 4 saturated carbocycles. The molecular formula is C25H31N3O2. The summed E-state index contributed by atoms with van der Waals surface area (Å²) in [7, 11) is 2.03. The summed E-state index contributed by atoms with van der Waals surface area (Å²) in [5.74, 6) is 2.08. The minimum absolute atomic E-state index is 0.0765. The van der Waals surface area contributed by atoms with Gasteiger partial charge in [0.05, 0.1) is 0 Å². The molecule has 1 aromatic carbocycles. The third kappa shape index (κ3) is 3.95. The molecule has 0 saturated heterocycles. The summed E-state index contributed by atoms with van der Waals surface area (Å²) >= 11 is 0. The van der Waals surface area contributed by atoms with Crippen molar-refractivity contribution < 1.29 is 4.79 Å². The molecule has 0 atom stereocenters. The van der Waals surface area contributed by atoms with Gasteiger partial charge in [-0.15, -0.1) is 0 Å². The summed E-state index contributed by atoms with van der Waals surface area (Å²) in [6.45, 7) is 1.43. The highest BCUT2D eigenvalue weighted by atomic mass is 16.2. The van der Waals surface area contributed by atoms with E-state index < -0.39 is 0 Å². The van der Waals surface area contributed by atoms with Gasteiger partial charge in [-0.05, 0) is 81.0 Å². The number of carbonyl (C=O) groups is 1. The highest BCUT2D eigenvalue weighted by molar-refractivity contribution is 5.94. The molecule has 1 amide bonds. The molecule has 0 radical (unpaired) electrons. The lowest BCUT2D eigenvalue weighted by Gasteiger charge is -2.56. The number of rotatable bonds is 6. The van der Waals surface area contributed by atoms with Crippen molar-refractivity contribution in [2.45, 2.75) is 57.2 Å². The Morgan fingerprint density at radius 3 is 2.23 bits per heavy atom. The van der Waals surface area contributed by atoms with Crippen LogP contribution < -0.4 is 10.9 Å². The molecule has 4 aliphatic carbocycles. The number of aromatic nitrogens is 1. The SMILES string of the molecule is CN(Cc1ccccc1)Cc1ccc(C(=O)NC23CC4CC(CC(C4)C2)C3)c(=O)[nH]1. The number of hydrogen-bond acceptors (Lipinski definition) is 3. The fourth-order valence-electron chi connectivity index (χ4n) is 6.60. The normalized spacial score (nSPS) is 29.3. The summed E-state index contributed by atoms with van der Waals surface area (Å²) in [6.07, 6.45) is 7.27. The van der Waals surface area contributed by atoms with Crippen molar-refractivity contribution >= 4 is 5.91 Å². The fraction of sp³-hybridized carbons (Fsp3) is 0.520. The van der Waals surface area contributed by atoms with Crippen LogP contribution in [0, 0.1) is 17.8 Å². The second kappa shape index (κ2) is 7.69. The third-order valence-corrected chi connectivity index (χ3v) is 7.37. The zero-order chi connectivity index (χ0) is 20.7. The molecule has 4 bridgehead atoms. The molecule has 0 aliphatic heterocycles. The van der Waals surface area contributed by atoms with Crippen molar-refractivity contribution in [2.75, 3.05) is 7.05 Å². The largest absolute Gasteiger partial charge is 0.346 e. The second-order valence-electron chi connectivity index (χ2n) is 10.0. The van der Waals surface area contributed by atoms with E-state index in [1.807, 2.05) is 31.3 Å². The summed E-state index contributed by atoms with van der Waals surface area (Å²) < 4.78 is 0. The number of nitrogens with one attached hydrogen (secondary N) is 2. The molecule has 0 spiro atoms. The smallest absolute Gasteiger partial charge is 0.261 e. The van der Waals surface area contributed by atoms with Crippen molar-refractivity contribution in [1.29, 1.82) is 0 Å². The first-order valence-electron chi connectivity index (χ1n) is 11.3. The van der Waals surface area contributed by atoms with Crippen LogP contribution in [0.5, 0.6) is 0 Å². The molecule has 158 valence electrons. The Morgan fingerprint density at radius 2 is 1.63 bits per heavy atom. The van der Waals surface area contributed by atoms with Gasteiger partial charge >= 0.3 is 0 Å². The molecule has 2 aromatic rings. The van der Waals surface area contributed by atoms with Gasteiger partial charge < -0.3 is 10.3 Å². The molecule has 30 heavy (non-hydrogen) atoms. The molecule has 1 aromatic heterocycles. The van der Waals surface area contributed by atoms with E-state index in [1.54, 1.807) is 6.07 Å². The van der Waals surface area contributed by atoms with E-state index in [-0.39, 0.29) is 22.6 Å². The zero-order valence-corrected chi connectivity index (χ0v) is 17.7. The van der Waals surface area contributed by atoms with Crippen LogP contribution in [0.25, 0.3) is 0 Å². The zero-order valence-electron chi connectivity index (χ0n) is 17.7. The Bertz CT molecular complexity index is 946. The van der Waals surface area contributed by atoms with Crippen LogP contribution in [0.3, 0.4) is 0 Å². The Kier molecular flexibility index (Phi) is 5.02. The first-order valence-corrected chi connectivity index (χ1v) is 11.3. The van der Waals surface area contributed by atoms with Gasteiger partial charge in [-0.25, -0.2) is 0 Å². The van der Waals surface area contributed by atoms with Crippen molar-refractivity contribution in [1.82, 2.24) is 15.2 Å². The minimum atomic E-state index is -0.289. The summed E-state index contributed by atoms with van der Waals surface area (Å²) in [5.41, 5.74) is 1.93. The van der Waals surface area contributed by atoms with Gasteiger partial charge in [-0.3, -0.25) is 14.5 Å². The number of hydrogen-bond donors (Lipinski definition) is 2. The Morgan fingerprint density at radius 1 is 1.00 bits per heavy atom. The standard InChI is InChI=1S/C25H31N3O2/c1-28(15-17-5-3-2-4-6-17)16-21-7-8-22(23(29)26-21)24(30)27-25-12-18-9-19(13-25)11-20(10-18)14-25/h2-8,18-20H,9-16H2,1H3,(H,26,29)(H,27,30). The number of pyridine rings is 1. The maximum atomic E-state index is 13.0. The van der Waals surface area contributed by atoms with E-state index in [1.165, 1.54) is 24.8 Å². The summed E-state index contributed by atoms with van der Waals surface area (Å²) in [4.78, 5) is 30.7. The van der Waals surface area contributed by atoms with Gasteiger partial charge in [0.2, 0.25) is 0 Å². The lowest BCUT2D eigenvalue weighted by atomic mass is 9.53. The number of aromatic amines is 1. The lowest BCUT2D eigenvalue weighted by Crippen LogP contribution is -2.60. The molecule has 5 heteroatoms. The quantitative estimate of drug-likeness (QED) is 0.770. The molecular weight excluding hydrogens is 374 g/mol. The molecule has 6 rings (SSSR count). The van der Waals surface area contributed by atoms with Crippen molar-refractivity contribution in [3.05, 3.63) is 69.6 Å². The number of amides is 1. The summed E-state index contributed by atoms with van der Waals surface area (Å²) in [5, 5.41) is 3.31. The first-order chi connectivity index (χ1) is 14.5. The van der Waals surface area contributed by atoms with Crippen molar-refractivity contribution in [3.8, 4) is 0 Å². The predicted molar refractivity (Wildman–Crippen MR) is 117 cm³/mol. The Balaban J connectivity index is 1.24. The maximum absolute atomic E-state index is 13.0. The van der Waals surface area contributed by atoms with Crippen LogP contribution >= 0.6 is 0 Å². The molecule has 4 fully saturated rings. The van der Waals surface area contributed by atoms with Crippen LogP contribution in [-0.4, -0.2) is 28.4 Å². The van der Waals surface area contributed by atoms with Gasteiger partial charge in [0, 0.05) is 24.3 Å². The highest BCUT2D eigenvalue weighted by Crippen LogP contribution is 2.55. The van der Waals surface area contributed by atoms with Gasteiger partial charge in [-0.1, -0.05) is 30.3 Å². The van der Waals surface area contributed by atoms with Gasteiger partial charge in [-0.2, -0.15) is 0 Å². The number of benzene rings is 1. The molecule has 2 N–H and O–H groups in total. The monoisotopic (exact) mass is 405 g/mol. The minimum Gasteiger partial charge on any atom is -0.346 e. The maximum Gasteiger partial charge on any atom is 0.261 e. The van der Waals surface area contributed by atoms with Gasteiger partial charge in [0.15, 0.2) is 0 Å². The van der Waals surface area contributed by atoms with Gasteiger partial charge in [0.25, 0.3) is 11.5 Å². The van der Waals surface area contributed by atoms with E-state index in [4.69, 9.17) is 0 Å². The molecule has 4 aliphatic rings. The van der Waals surface area contributed by atoms with Crippen LogP contribution in [0.1, 0.15) is 60.1 Å². The Hall–Kier alpha value is -2.40. The van der Waals surface area contributed by atoms with E-state index >= 15 is 0 Å². The number of carbonyl (C=O) groups excluding carboxylic acids is 1. The first kappa shape index (κ1) is 19.6. The van der Waals surface area contributed by atoms with E-state index in [9.17, 15) is 9.59 Å². The Labute approximate surface area is 177 Å². The third-order valence-electron chi connectivity index (χ3n) is 7.37. The van der Waals surface area contributed by atoms with Crippen LogP contribution in [-0.2, 0) is 13.1 Å². The topological polar surface area (TPSA) is 65.2 Å². The average molecular weight is 406 g/mol. The van der Waals surface area contributed by atoms with E-state index in [0.29, 0.717) is 6.54 Å². The van der Waals surface area contributed by atoms with E-state index in [2.05, 4.69) is 27.3 Å². The molecule has 0 unspecified atom stereocenters. The van der Waals surface area contributed by atoms with E-state index in [0.717, 1.165) is 49.3 Å². The lowest BCUT2D eigenvalue weighted by molar-refractivity contribution is -0.0167. The second-order valence-corrected chi connectivity index (χ2v) is 10.0. The van der Waals surface area contributed by atoms with Crippen molar-refractivity contribution in [3.63, 3.8) is 0 Å². The molecule has 5 nitrogen and oxygen atoms in total. The predicted octanol–water partition coefficient (Wildman–Crippen LogP) is 3.71. The van der Waals surface area contributed by atoms with Crippen LogP contribution in [0.2, 0.25) is 0 Å². The van der Waals surface area contributed by atoms with Gasteiger partial charge in [0.1, 0.15) is 5.56 Å².